The molecule has 1 aliphatic carbocycles. The number of nitrogens with one attached hydrogen (secondary N) is 2. The number of aryl methyl sites for hydroxylation is 1. The fraction of sp³-hybridized carbons (Fsp3) is 0.417. The Kier molecular flexibility index (Phi) is 5.59. The van der Waals surface area contributed by atoms with Crippen LogP contribution in [-0.2, 0) is 17.6 Å². The molecule has 6 rings (SSSR count). The Balaban J connectivity index is 1.25. The number of piperazine rings is 1. The molecule has 0 radical (unpaired) electrons. The lowest BCUT2D eigenvalue weighted by Gasteiger charge is -2.36. The van der Waals surface area contributed by atoms with Gasteiger partial charge in [-0.1, -0.05) is 18.3 Å². The third kappa shape index (κ3) is 3.89. The van der Waals surface area contributed by atoms with E-state index >= 15 is 0 Å². The van der Waals surface area contributed by atoms with Crippen molar-refractivity contribution in [3.05, 3.63) is 44.6 Å². The molecule has 0 unspecified atom stereocenters. The van der Waals surface area contributed by atoms with Crippen LogP contribution in [0.1, 0.15) is 23.8 Å². The van der Waals surface area contributed by atoms with Gasteiger partial charge in [-0.05, 0) is 49.6 Å². The molecule has 4 aromatic rings. The van der Waals surface area contributed by atoms with Gasteiger partial charge in [0, 0.05) is 42.7 Å². The van der Waals surface area contributed by atoms with Gasteiger partial charge in [0.05, 0.1) is 15.6 Å². The van der Waals surface area contributed by atoms with Gasteiger partial charge in [0.25, 0.3) is 0 Å². The maximum absolute atomic E-state index is 13.2. The number of fused-ring (bicyclic) bond motifs is 4. The van der Waals surface area contributed by atoms with Crippen LogP contribution in [0.4, 0.5) is 11.5 Å². The van der Waals surface area contributed by atoms with Crippen molar-refractivity contribution >= 4 is 60.5 Å². The molecule has 176 valence electrons. The Morgan fingerprint density at radius 1 is 1.21 bits per heavy atom. The predicted molar refractivity (Wildman–Crippen MR) is 137 cm³/mol. The lowest BCUT2D eigenvalue weighted by atomic mass is 9.86. The molecule has 1 aliphatic heterocycles. The third-order valence-corrected chi connectivity index (χ3v) is 9.02. The molecule has 34 heavy (non-hydrogen) atoms. The maximum atomic E-state index is 13.2. The highest BCUT2D eigenvalue weighted by Crippen LogP contribution is 2.41. The van der Waals surface area contributed by atoms with E-state index in [-0.39, 0.29) is 10.8 Å². The molecule has 4 heterocycles. The second-order valence-corrected chi connectivity index (χ2v) is 11.1. The van der Waals surface area contributed by atoms with Crippen LogP contribution in [0.15, 0.2) is 29.3 Å². The van der Waals surface area contributed by atoms with Gasteiger partial charge >= 0.3 is 4.87 Å². The molecular weight excluding hydrogens is 468 g/mol. The zero-order valence-electron chi connectivity index (χ0n) is 19.0. The Hall–Kier alpha value is -2.82. The van der Waals surface area contributed by atoms with Crippen LogP contribution in [0, 0.1) is 5.92 Å². The number of H-pyrrole nitrogens is 1. The Bertz CT molecular complexity index is 1430. The van der Waals surface area contributed by atoms with Gasteiger partial charge in [-0.2, -0.15) is 0 Å². The average molecular weight is 495 g/mol. The van der Waals surface area contributed by atoms with Crippen molar-refractivity contribution in [2.45, 2.75) is 26.2 Å². The van der Waals surface area contributed by atoms with E-state index in [1.807, 2.05) is 18.2 Å². The van der Waals surface area contributed by atoms with Gasteiger partial charge in [0.15, 0.2) is 0 Å². The van der Waals surface area contributed by atoms with Gasteiger partial charge in [0.1, 0.15) is 17.0 Å². The number of amides is 1. The number of anilines is 2. The van der Waals surface area contributed by atoms with Crippen molar-refractivity contribution < 1.29 is 4.79 Å². The summed E-state index contributed by atoms with van der Waals surface area (Å²) in [6.07, 6.45) is 4.10. The second kappa shape index (κ2) is 8.75. The smallest absolute Gasteiger partial charge is 0.305 e. The molecule has 0 bridgehead atoms. The first kappa shape index (κ1) is 21.7. The summed E-state index contributed by atoms with van der Waals surface area (Å²) < 4.78 is 0.911. The number of thiazole rings is 1. The van der Waals surface area contributed by atoms with E-state index in [0.29, 0.717) is 5.91 Å². The zero-order valence-corrected chi connectivity index (χ0v) is 20.6. The first-order chi connectivity index (χ1) is 16.6. The van der Waals surface area contributed by atoms with Crippen LogP contribution in [0.2, 0.25) is 0 Å². The minimum Gasteiger partial charge on any atom is -0.340 e. The minimum atomic E-state index is -0.0557. The van der Waals surface area contributed by atoms with E-state index in [4.69, 9.17) is 0 Å². The molecule has 1 aromatic carbocycles. The van der Waals surface area contributed by atoms with Crippen LogP contribution < -0.4 is 10.2 Å². The highest BCUT2D eigenvalue weighted by Gasteiger charge is 2.32. The second-order valence-electron chi connectivity index (χ2n) is 8.96. The number of hydrogen-bond donors (Lipinski definition) is 2. The van der Waals surface area contributed by atoms with Crippen molar-refractivity contribution in [1.29, 1.82) is 0 Å². The van der Waals surface area contributed by atoms with Crippen molar-refractivity contribution in [1.82, 2.24) is 24.8 Å². The van der Waals surface area contributed by atoms with E-state index in [9.17, 15) is 9.59 Å². The molecule has 1 fully saturated rings. The van der Waals surface area contributed by atoms with Crippen molar-refractivity contribution in [3.8, 4) is 0 Å². The van der Waals surface area contributed by atoms with E-state index < -0.39 is 0 Å². The molecule has 3 aromatic heterocycles. The number of aromatic amines is 1. The largest absolute Gasteiger partial charge is 0.340 e. The predicted octanol–water partition coefficient (Wildman–Crippen LogP) is 3.61. The van der Waals surface area contributed by atoms with Crippen LogP contribution in [0.25, 0.3) is 20.4 Å². The Morgan fingerprint density at radius 2 is 2.06 bits per heavy atom. The molecule has 0 spiro atoms. The summed E-state index contributed by atoms with van der Waals surface area (Å²) in [4.78, 5) is 43.4. The number of hydrogen-bond acceptors (Lipinski definition) is 8. The SMILES string of the molecule is CCN1CCN(C(=O)[C@H]2CCc3c(sc4ncnc(Nc5ccc6[nH]c(=O)sc6c5)c34)C2)CC1. The Morgan fingerprint density at radius 3 is 2.88 bits per heavy atom. The summed E-state index contributed by atoms with van der Waals surface area (Å²) in [6.45, 7) is 6.84. The topological polar surface area (TPSA) is 94.2 Å². The van der Waals surface area contributed by atoms with Crippen LogP contribution in [-0.4, -0.2) is 63.4 Å². The summed E-state index contributed by atoms with van der Waals surface area (Å²) in [6, 6.07) is 5.83. The summed E-state index contributed by atoms with van der Waals surface area (Å²) in [5.74, 6) is 1.14. The number of rotatable bonds is 4. The summed E-state index contributed by atoms with van der Waals surface area (Å²) in [5.41, 5.74) is 3.00. The quantitative estimate of drug-likeness (QED) is 0.450. The first-order valence-corrected chi connectivity index (χ1v) is 13.4. The Labute approximate surface area is 204 Å². The third-order valence-electron chi connectivity index (χ3n) is 7.01. The normalized spacial score (nSPS) is 19.0. The monoisotopic (exact) mass is 494 g/mol. The maximum Gasteiger partial charge on any atom is 0.305 e. The van der Waals surface area contributed by atoms with Gasteiger partial charge < -0.3 is 20.1 Å². The van der Waals surface area contributed by atoms with Gasteiger partial charge in [-0.25, -0.2) is 9.97 Å². The number of carbonyl (C=O) groups is 1. The molecule has 1 amide bonds. The van der Waals surface area contributed by atoms with Gasteiger partial charge in [0.2, 0.25) is 5.91 Å². The van der Waals surface area contributed by atoms with E-state index in [1.54, 1.807) is 17.7 Å². The van der Waals surface area contributed by atoms with Gasteiger partial charge in [-0.3, -0.25) is 9.59 Å². The minimum absolute atomic E-state index is 0.0527. The van der Waals surface area contributed by atoms with Crippen molar-refractivity contribution in [2.75, 3.05) is 38.0 Å². The fourth-order valence-electron chi connectivity index (χ4n) is 5.12. The van der Waals surface area contributed by atoms with Crippen molar-refractivity contribution in [3.63, 3.8) is 0 Å². The number of carbonyl (C=O) groups excluding carboxylic acids is 1. The molecule has 8 nitrogen and oxygen atoms in total. The van der Waals surface area contributed by atoms with E-state index in [1.165, 1.54) is 21.8 Å². The summed E-state index contributed by atoms with van der Waals surface area (Å²) in [5, 5.41) is 4.51. The number of likely N-dealkylation sites (N-methyl/N-ethyl adjacent to an activating group) is 1. The standard InChI is InChI=1S/C24H26N6O2S2/c1-2-29-7-9-30(10-8-29)23(31)14-3-5-16-18(11-14)33-22-20(16)21(25-13-26-22)27-15-4-6-17-19(12-15)34-24(32)28-17/h4,6,12-14H,2-3,5,7-11H2,1H3,(H,28,32)(H,25,26,27)/t14-/m0/s1. The molecule has 2 N–H and O–H groups in total. The lowest BCUT2D eigenvalue weighted by molar-refractivity contribution is -0.137. The molecule has 1 saturated heterocycles. The zero-order chi connectivity index (χ0) is 23.2. The molecule has 2 aliphatic rings. The summed E-state index contributed by atoms with van der Waals surface area (Å²) in [7, 11) is 0. The first-order valence-electron chi connectivity index (χ1n) is 11.8. The fourth-order valence-corrected chi connectivity index (χ4v) is 7.16. The number of nitrogens with zero attached hydrogens (tertiary/aromatic N) is 4. The van der Waals surface area contributed by atoms with Crippen LogP contribution in [0.3, 0.4) is 0 Å². The molecule has 1 atom stereocenters. The van der Waals surface area contributed by atoms with Crippen molar-refractivity contribution in [2.24, 2.45) is 5.92 Å². The highest BCUT2D eigenvalue weighted by molar-refractivity contribution is 7.19. The lowest BCUT2D eigenvalue weighted by Crippen LogP contribution is -2.50. The average Bonchev–Trinajstić information content (AvgIpc) is 3.42. The number of aromatic nitrogens is 3. The highest BCUT2D eigenvalue weighted by atomic mass is 32.1. The number of benzene rings is 1. The van der Waals surface area contributed by atoms with E-state index in [2.05, 4.69) is 37.0 Å². The molecule has 0 saturated carbocycles. The van der Waals surface area contributed by atoms with Crippen LogP contribution >= 0.6 is 22.7 Å². The number of thiophene rings is 1. The van der Waals surface area contributed by atoms with Crippen LogP contribution in [0.5, 0.6) is 0 Å². The molecule has 10 heteroatoms. The van der Waals surface area contributed by atoms with E-state index in [0.717, 1.165) is 83.9 Å². The molecular formula is C24H26N6O2S2. The summed E-state index contributed by atoms with van der Waals surface area (Å²) >= 11 is 2.89. The van der Waals surface area contributed by atoms with Gasteiger partial charge in [-0.15, -0.1) is 11.3 Å².